The molecule has 2 N–H and O–H groups in total. The zero-order valence-corrected chi connectivity index (χ0v) is 9.83. The number of nitrogens with zero attached hydrogens (tertiary/aromatic N) is 1. The van der Waals surface area contributed by atoms with Crippen molar-refractivity contribution in [2.24, 2.45) is 0 Å². The maximum absolute atomic E-state index is 10.0. The van der Waals surface area contributed by atoms with Crippen molar-refractivity contribution in [3.05, 3.63) is 35.9 Å². The average Bonchev–Trinajstić information content (AvgIpc) is 2.40. The standard InChI is InChI=1S/C13H19NO3/c15-12(10-14-6-8-17-9-7-14)13(16)11-4-2-1-3-5-11/h1-5,12-13,15-16H,6-10H2/t12-,13-/m0/s1. The Kier molecular flexibility index (Phi) is 4.50. The van der Waals surface area contributed by atoms with Crippen LogP contribution in [0.5, 0.6) is 0 Å². The predicted molar refractivity (Wildman–Crippen MR) is 64.7 cm³/mol. The predicted octanol–water partition coefficient (Wildman–Crippen LogP) is 0.413. The third-order valence-electron chi connectivity index (χ3n) is 3.05. The van der Waals surface area contributed by atoms with Crippen molar-refractivity contribution in [3.63, 3.8) is 0 Å². The van der Waals surface area contributed by atoms with E-state index in [1.54, 1.807) is 0 Å². The van der Waals surface area contributed by atoms with Gasteiger partial charge in [-0.25, -0.2) is 0 Å². The minimum atomic E-state index is -0.820. The quantitative estimate of drug-likeness (QED) is 0.796. The Morgan fingerprint density at radius 1 is 1.12 bits per heavy atom. The summed E-state index contributed by atoms with van der Waals surface area (Å²) in [6, 6.07) is 9.27. The van der Waals surface area contributed by atoms with Crippen LogP contribution in [0.2, 0.25) is 0 Å². The van der Waals surface area contributed by atoms with Gasteiger partial charge in [0.2, 0.25) is 0 Å². The van der Waals surface area contributed by atoms with Gasteiger partial charge in [0.1, 0.15) is 6.10 Å². The van der Waals surface area contributed by atoms with Gasteiger partial charge in [-0.3, -0.25) is 4.90 Å². The van der Waals surface area contributed by atoms with Gasteiger partial charge < -0.3 is 14.9 Å². The second kappa shape index (κ2) is 6.12. The number of β-amino-alcohol motifs (C(OH)–C–C–N with tert-alkyl or cyclic N) is 1. The molecule has 4 heteroatoms. The molecule has 17 heavy (non-hydrogen) atoms. The number of hydrogen-bond acceptors (Lipinski definition) is 4. The number of aliphatic hydroxyl groups excluding tert-OH is 2. The average molecular weight is 237 g/mol. The first-order chi connectivity index (χ1) is 8.27. The zero-order valence-electron chi connectivity index (χ0n) is 9.83. The molecule has 1 aromatic rings. The summed E-state index contributed by atoms with van der Waals surface area (Å²) >= 11 is 0. The molecule has 0 amide bonds. The molecule has 94 valence electrons. The molecule has 0 spiro atoms. The maximum atomic E-state index is 10.0. The minimum Gasteiger partial charge on any atom is -0.389 e. The molecule has 0 radical (unpaired) electrons. The fourth-order valence-electron chi connectivity index (χ4n) is 2.02. The van der Waals surface area contributed by atoms with Crippen molar-refractivity contribution in [3.8, 4) is 0 Å². The first-order valence-electron chi connectivity index (χ1n) is 5.98. The van der Waals surface area contributed by atoms with Crippen molar-refractivity contribution < 1.29 is 14.9 Å². The number of aliphatic hydroxyl groups is 2. The molecular formula is C13H19NO3. The molecule has 0 bridgehead atoms. The van der Waals surface area contributed by atoms with E-state index in [4.69, 9.17) is 4.74 Å². The van der Waals surface area contributed by atoms with Crippen LogP contribution < -0.4 is 0 Å². The molecule has 0 saturated carbocycles. The highest BCUT2D eigenvalue weighted by atomic mass is 16.5. The van der Waals surface area contributed by atoms with Crippen molar-refractivity contribution in [1.29, 1.82) is 0 Å². The van der Waals surface area contributed by atoms with Crippen LogP contribution in [0.25, 0.3) is 0 Å². The van der Waals surface area contributed by atoms with E-state index in [-0.39, 0.29) is 0 Å². The lowest BCUT2D eigenvalue weighted by Crippen LogP contribution is -2.42. The smallest absolute Gasteiger partial charge is 0.106 e. The molecule has 0 unspecified atom stereocenters. The van der Waals surface area contributed by atoms with E-state index in [0.717, 1.165) is 18.7 Å². The summed E-state index contributed by atoms with van der Waals surface area (Å²) in [7, 11) is 0. The molecule has 1 saturated heterocycles. The Hall–Kier alpha value is -0.940. The number of ether oxygens (including phenoxy) is 1. The normalized spacial score (nSPS) is 21.1. The lowest BCUT2D eigenvalue weighted by molar-refractivity contribution is -0.0293. The van der Waals surface area contributed by atoms with E-state index in [9.17, 15) is 10.2 Å². The molecule has 1 fully saturated rings. The Morgan fingerprint density at radius 3 is 2.41 bits per heavy atom. The Labute approximate surface area is 101 Å². The van der Waals surface area contributed by atoms with Crippen molar-refractivity contribution in [2.75, 3.05) is 32.8 Å². The number of morpholine rings is 1. The summed E-state index contributed by atoms with van der Waals surface area (Å²) in [4.78, 5) is 2.11. The summed E-state index contributed by atoms with van der Waals surface area (Å²) in [6.45, 7) is 3.53. The molecule has 1 aromatic carbocycles. The first kappa shape index (κ1) is 12.5. The molecule has 0 aromatic heterocycles. The summed E-state index contributed by atoms with van der Waals surface area (Å²) in [6.07, 6.45) is -1.57. The second-order valence-corrected chi connectivity index (χ2v) is 4.34. The Balaban J connectivity index is 1.88. The summed E-state index contributed by atoms with van der Waals surface area (Å²) in [5, 5.41) is 20.0. The van der Waals surface area contributed by atoms with E-state index in [0.29, 0.717) is 19.8 Å². The summed E-state index contributed by atoms with van der Waals surface area (Å²) in [5.74, 6) is 0. The molecule has 1 aliphatic rings. The number of rotatable bonds is 4. The Morgan fingerprint density at radius 2 is 1.76 bits per heavy atom. The first-order valence-corrected chi connectivity index (χ1v) is 5.98. The van der Waals surface area contributed by atoms with Gasteiger partial charge in [0.15, 0.2) is 0 Å². The highest BCUT2D eigenvalue weighted by Crippen LogP contribution is 2.17. The Bertz CT molecular complexity index is 325. The molecule has 0 aliphatic carbocycles. The molecule has 2 atom stereocenters. The van der Waals surface area contributed by atoms with Crippen LogP contribution in [-0.4, -0.2) is 54.1 Å². The lowest BCUT2D eigenvalue weighted by atomic mass is 10.0. The molecule has 4 nitrogen and oxygen atoms in total. The van der Waals surface area contributed by atoms with Gasteiger partial charge in [-0.05, 0) is 5.56 Å². The molecular weight excluding hydrogens is 218 g/mol. The highest BCUT2D eigenvalue weighted by Gasteiger charge is 2.22. The van der Waals surface area contributed by atoms with Crippen LogP contribution in [0.1, 0.15) is 11.7 Å². The molecule has 1 aliphatic heterocycles. The van der Waals surface area contributed by atoms with Gasteiger partial charge in [-0.2, -0.15) is 0 Å². The van der Waals surface area contributed by atoms with Gasteiger partial charge in [0.05, 0.1) is 19.3 Å². The molecule has 1 heterocycles. The van der Waals surface area contributed by atoms with Crippen molar-refractivity contribution in [2.45, 2.75) is 12.2 Å². The van der Waals surface area contributed by atoms with E-state index in [2.05, 4.69) is 4.90 Å². The van der Waals surface area contributed by atoms with Gasteiger partial charge in [-0.1, -0.05) is 30.3 Å². The van der Waals surface area contributed by atoms with Gasteiger partial charge in [0, 0.05) is 19.6 Å². The van der Waals surface area contributed by atoms with E-state index in [1.807, 2.05) is 30.3 Å². The monoisotopic (exact) mass is 237 g/mol. The van der Waals surface area contributed by atoms with Crippen LogP contribution in [0.15, 0.2) is 30.3 Å². The summed E-state index contributed by atoms with van der Waals surface area (Å²) < 4.78 is 5.24. The fraction of sp³-hybridized carbons (Fsp3) is 0.538. The second-order valence-electron chi connectivity index (χ2n) is 4.34. The van der Waals surface area contributed by atoms with Crippen molar-refractivity contribution >= 4 is 0 Å². The van der Waals surface area contributed by atoms with Crippen LogP contribution in [0.4, 0.5) is 0 Å². The highest BCUT2D eigenvalue weighted by molar-refractivity contribution is 5.18. The van der Waals surface area contributed by atoms with Crippen LogP contribution in [-0.2, 0) is 4.74 Å². The zero-order chi connectivity index (χ0) is 12.1. The van der Waals surface area contributed by atoms with E-state index in [1.165, 1.54) is 0 Å². The lowest BCUT2D eigenvalue weighted by Gasteiger charge is -2.30. The minimum absolute atomic E-state index is 0.486. The number of hydrogen-bond donors (Lipinski definition) is 2. The van der Waals surface area contributed by atoms with Gasteiger partial charge in [-0.15, -0.1) is 0 Å². The third kappa shape index (κ3) is 3.51. The van der Waals surface area contributed by atoms with Gasteiger partial charge in [0.25, 0.3) is 0 Å². The van der Waals surface area contributed by atoms with E-state index < -0.39 is 12.2 Å². The van der Waals surface area contributed by atoms with Crippen molar-refractivity contribution in [1.82, 2.24) is 4.90 Å². The SMILES string of the molecule is O[C@@H](CN1CCOCC1)[C@@H](O)c1ccccc1. The molecule has 2 rings (SSSR count). The van der Waals surface area contributed by atoms with Crippen LogP contribution >= 0.6 is 0 Å². The number of benzene rings is 1. The largest absolute Gasteiger partial charge is 0.389 e. The fourth-order valence-corrected chi connectivity index (χ4v) is 2.02. The van der Waals surface area contributed by atoms with Crippen LogP contribution in [0, 0.1) is 0 Å². The summed E-state index contributed by atoms with van der Waals surface area (Å²) in [5.41, 5.74) is 0.758. The van der Waals surface area contributed by atoms with Gasteiger partial charge >= 0.3 is 0 Å². The maximum Gasteiger partial charge on any atom is 0.106 e. The van der Waals surface area contributed by atoms with E-state index >= 15 is 0 Å². The van der Waals surface area contributed by atoms with Crippen LogP contribution in [0.3, 0.4) is 0 Å². The topological polar surface area (TPSA) is 52.9 Å². The third-order valence-corrected chi connectivity index (χ3v) is 3.05.